The summed E-state index contributed by atoms with van der Waals surface area (Å²) in [6.45, 7) is 0.266. The van der Waals surface area contributed by atoms with E-state index in [9.17, 15) is 4.39 Å². The van der Waals surface area contributed by atoms with E-state index in [0.29, 0.717) is 0 Å². The minimum absolute atomic E-state index is 0.222. The van der Waals surface area contributed by atoms with Gasteiger partial charge in [0.2, 0.25) is 0 Å². The first-order chi connectivity index (χ1) is 7.36. The first-order valence-electron chi connectivity index (χ1n) is 4.54. The second-order valence-corrected chi connectivity index (χ2v) is 2.97. The van der Waals surface area contributed by atoms with Gasteiger partial charge in [0, 0.05) is 6.20 Å². The Morgan fingerprint density at radius 1 is 1.33 bits per heavy atom. The van der Waals surface area contributed by atoms with Gasteiger partial charge in [-0.05, 0) is 30.3 Å². The number of benzene rings is 1. The smallest absolute Gasteiger partial charge is 0.165 e. The number of rotatable bonds is 3. The van der Waals surface area contributed by atoms with E-state index in [-0.39, 0.29) is 12.4 Å². The van der Waals surface area contributed by atoms with Crippen molar-refractivity contribution < 1.29 is 9.13 Å². The molecular formula is C12H9FNO. The van der Waals surface area contributed by atoms with Crippen molar-refractivity contribution in [2.24, 2.45) is 0 Å². The van der Waals surface area contributed by atoms with Gasteiger partial charge >= 0.3 is 0 Å². The predicted octanol–water partition coefficient (Wildman–Crippen LogP) is 2.60. The minimum Gasteiger partial charge on any atom is -0.484 e. The lowest BCUT2D eigenvalue weighted by Crippen LogP contribution is -1.98. The molecule has 75 valence electrons. The van der Waals surface area contributed by atoms with Crippen LogP contribution in [-0.4, -0.2) is 4.98 Å². The molecule has 0 fully saturated rings. The highest BCUT2D eigenvalue weighted by molar-refractivity contribution is 5.23. The van der Waals surface area contributed by atoms with Crippen LogP contribution in [0.1, 0.15) is 5.69 Å². The Morgan fingerprint density at radius 3 is 3.00 bits per heavy atom. The van der Waals surface area contributed by atoms with E-state index in [2.05, 4.69) is 11.1 Å². The van der Waals surface area contributed by atoms with E-state index in [0.717, 1.165) is 5.69 Å². The zero-order valence-electron chi connectivity index (χ0n) is 7.98. The number of hydrogen-bond acceptors (Lipinski definition) is 2. The summed E-state index contributed by atoms with van der Waals surface area (Å²) < 4.78 is 18.4. The van der Waals surface area contributed by atoms with Gasteiger partial charge in [-0.15, -0.1) is 0 Å². The third-order valence-corrected chi connectivity index (χ3v) is 1.88. The topological polar surface area (TPSA) is 22.1 Å². The summed E-state index contributed by atoms with van der Waals surface area (Å²) in [5.41, 5.74) is 0.768. The molecule has 1 aromatic heterocycles. The second kappa shape index (κ2) is 4.55. The van der Waals surface area contributed by atoms with Crippen LogP contribution in [0.15, 0.2) is 42.6 Å². The van der Waals surface area contributed by atoms with Crippen LogP contribution >= 0.6 is 0 Å². The zero-order chi connectivity index (χ0) is 10.5. The fourth-order valence-electron chi connectivity index (χ4n) is 1.15. The second-order valence-electron chi connectivity index (χ2n) is 2.97. The van der Waals surface area contributed by atoms with Crippen molar-refractivity contribution >= 4 is 0 Å². The van der Waals surface area contributed by atoms with Crippen molar-refractivity contribution in [1.82, 2.24) is 4.98 Å². The number of pyridine rings is 1. The molecule has 0 N–H and O–H groups in total. The maximum absolute atomic E-state index is 13.1. The third-order valence-electron chi connectivity index (χ3n) is 1.88. The van der Waals surface area contributed by atoms with Gasteiger partial charge in [-0.25, -0.2) is 4.39 Å². The van der Waals surface area contributed by atoms with Crippen LogP contribution in [0, 0.1) is 11.9 Å². The van der Waals surface area contributed by atoms with Crippen LogP contribution in [0.3, 0.4) is 0 Å². The molecular weight excluding hydrogens is 193 g/mol. The maximum Gasteiger partial charge on any atom is 0.165 e. The molecule has 0 saturated carbocycles. The number of halogens is 1. The van der Waals surface area contributed by atoms with Crippen LogP contribution < -0.4 is 4.74 Å². The highest BCUT2D eigenvalue weighted by atomic mass is 19.1. The van der Waals surface area contributed by atoms with Crippen molar-refractivity contribution in [2.45, 2.75) is 6.61 Å². The fourth-order valence-corrected chi connectivity index (χ4v) is 1.15. The first-order valence-corrected chi connectivity index (χ1v) is 4.54. The normalized spacial score (nSPS) is 9.93. The summed E-state index contributed by atoms with van der Waals surface area (Å²) >= 11 is 0. The predicted molar refractivity (Wildman–Crippen MR) is 53.8 cm³/mol. The molecule has 0 amide bonds. The van der Waals surface area contributed by atoms with Crippen LogP contribution in [0.4, 0.5) is 4.39 Å². The molecule has 15 heavy (non-hydrogen) atoms. The van der Waals surface area contributed by atoms with Crippen LogP contribution in [0.5, 0.6) is 5.75 Å². The molecule has 0 bridgehead atoms. The molecule has 1 radical (unpaired) electrons. The molecule has 0 unspecified atom stereocenters. The van der Waals surface area contributed by atoms with E-state index in [1.165, 1.54) is 12.1 Å². The Bertz CT molecular complexity index is 431. The largest absolute Gasteiger partial charge is 0.484 e. The molecule has 1 aromatic carbocycles. The summed E-state index contributed by atoms with van der Waals surface area (Å²) in [4.78, 5) is 4.07. The average Bonchev–Trinajstić information content (AvgIpc) is 2.29. The lowest BCUT2D eigenvalue weighted by Gasteiger charge is -2.05. The van der Waals surface area contributed by atoms with Crippen molar-refractivity contribution in [3.05, 3.63) is 60.2 Å². The third kappa shape index (κ3) is 2.53. The molecule has 0 spiro atoms. The Labute approximate surface area is 87.4 Å². The summed E-state index contributed by atoms with van der Waals surface area (Å²) in [5.74, 6) is -0.187. The highest BCUT2D eigenvalue weighted by Crippen LogP contribution is 2.16. The summed E-state index contributed by atoms with van der Waals surface area (Å²) in [5, 5.41) is 0. The molecule has 2 rings (SSSR count). The molecule has 0 aliphatic rings. The Balaban J connectivity index is 2.03. The van der Waals surface area contributed by atoms with Crippen molar-refractivity contribution in [2.75, 3.05) is 0 Å². The van der Waals surface area contributed by atoms with E-state index in [1.54, 1.807) is 12.3 Å². The molecule has 3 heteroatoms. The zero-order valence-corrected chi connectivity index (χ0v) is 7.98. The average molecular weight is 202 g/mol. The van der Waals surface area contributed by atoms with Crippen LogP contribution in [0.25, 0.3) is 0 Å². The van der Waals surface area contributed by atoms with Gasteiger partial charge in [-0.2, -0.15) is 0 Å². The number of hydrogen-bond donors (Lipinski definition) is 0. The van der Waals surface area contributed by atoms with E-state index in [1.807, 2.05) is 18.2 Å². The minimum atomic E-state index is -0.409. The quantitative estimate of drug-likeness (QED) is 0.763. The molecule has 0 saturated heterocycles. The van der Waals surface area contributed by atoms with Gasteiger partial charge in [0.05, 0.1) is 5.69 Å². The van der Waals surface area contributed by atoms with E-state index in [4.69, 9.17) is 4.74 Å². The van der Waals surface area contributed by atoms with Gasteiger partial charge in [-0.3, -0.25) is 4.98 Å². The van der Waals surface area contributed by atoms with E-state index >= 15 is 0 Å². The molecule has 0 atom stereocenters. The van der Waals surface area contributed by atoms with Crippen molar-refractivity contribution in [3.8, 4) is 5.75 Å². The van der Waals surface area contributed by atoms with Crippen molar-refractivity contribution in [1.29, 1.82) is 0 Å². The Hall–Kier alpha value is -1.90. The standard InChI is InChI=1S/C12H9FNO/c13-11-6-1-2-7-12(11)15-9-10-5-3-4-8-14-10/h2-8H,9H2. The van der Waals surface area contributed by atoms with Gasteiger partial charge in [0.1, 0.15) is 6.61 Å². The molecule has 0 aliphatic carbocycles. The fraction of sp³-hybridized carbons (Fsp3) is 0.0833. The molecule has 0 aliphatic heterocycles. The Morgan fingerprint density at radius 2 is 2.27 bits per heavy atom. The summed E-state index contributed by atoms with van der Waals surface area (Å²) in [7, 11) is 0. The van der Waals surface area contributed by atoms with E-state index < -0.39 is 5.82 Å². The number of ether oxygens (including phenoxy) is 1. The van der Waals surface area contributed by atoms with Gasteiger partial charge in [0.25, 0.3) is 0 Å². The lowest BCUT2D eigenvalue weighted by atomic mass is 10.3. The van der Waals surface area contributed by atoms with Gasteiger partial charge in [-0.1, -0.05) is 12.1 Å². The summed E-state index contributed by atoms with van der Waals surface area (Å²) in [6.07, 6.45) is 1.67. The Kier molecular flexibility index (Phi) is 2.93. The number of aromatic nitrogens is 1. The monoisotopic (exact) mass is 202 g/mol. The maximum atomic E-state index is 13.1. The highest BCUT2D eigenvalue weighted by Gasteiger charge is 2.01. The van der Waals surface area contributed by atoms with Gasteiger partial charge < -0.3 is 4.74 Å². The SMILES string of the molecule is Fc1c[c]ccc1OCc1ccccn1. The number of nitrogens with zero attached hydrogens (tertiary/aromatic N) is 1. The first kappa shape index (κ1) is 9.65. The lowest BCUT2D eigenvalue weighted by molar-refractivity contribution is 0.286. The summed E-state index contributed by atoms with van der Waals surface area (Å²) in [6, 6.07) is 12.5. The van der Waals surface area contributed by atoms with Crippen molar-refractivity contribution in [3.63, 3.8) is 0 Å². The molecule has 1 heterocycles. The molecule has 2 aromatic rings. The molecule has 2 nitrogen and oxygen atoms in total. The van der Waals surface area contributed by atoms with Crippen LogP contribution in [-0.2, 0) is 6.61 Å². The van der Waals surface area contributed by atoms with Gasteiger partial charge in [0.15, 0.2) is 11.6 Å². The van der Waals surface area contributed by atoms with Crippen LogP contribution in [0.2, 0.25) is 0 Å².